The Balaban J connectivity index is 1.62. The van der Waals surface area contributed by atoms with Gasteiger partial charge in [0.15, 0.2) is 17.1 Å². The summed E-state index contributed by atoms with van der Waals surface area (Å²) in [6, 6.07) is 4.01. The highest BCUT2D eigenvalue weighted by Crippen LogP contribution is 2.37. The van der Waals surface area contributed by atoms with Gasteiger partial charge in [-0.3, -0.25) is 4.79 Å². The highest BCUT2D eigenvalue weighted by molar-refractivity contribution is 6.01. The Kier molecular flexibility index (Phi) is 4.13. The van der Waals surface area contributed by atoms with Gasteiger partial charge in [-0.15, -0.1) is 11.8 Å². The largest absolute Gasteiger partial charge is 0.489 e. The number of hydrogen-bond acceptors (Lipinski definition) is 3. The fraction of sp³-hybridized carbons (Fsp3) is 0.381. The summed E-state index contributed by atoms with van der Waals surface area (Å²) in [7, 11) is 0. The van der Waals surface area contributed by atoms with Crippen molar-refractivity contribution in [3.8, 4) is 17.6 Å². The number of rotatable bonds is 3. The number of allylic oxidation sites excluding steroid dienone is 1. The predicted molar refractivity (Wildman–Crippen MR) is 93.8 cm³/mol. The quantitative estimate of drug-likeness (QED) is 0.780. The zero-order valence-electron chi connectivity index (χ0n) is 13.6. The Hall–Kier alpha value is -2.47. The average Bonchev–Trinajstić information content (AvgIpc) is 3.01. The Morgan fingerprint density at radius 2 is 2.12 bits per heavy atom. The van der Waals surface area contributed by atoms with Gasteiger partial charge in [-0.2, -0.15) is 0 Å². The maximum absolute atomic E-state index is 11.9. The van der Waals surface area contributed by atoms with Crippen molar-refractivity contribution in [1.82, 2.24) is 0 Å². The molecular formula is C21H20O3. The van der Waals surface area contributed by atoms with Gasteiger partial charge in [-0.25, -0.2) is 0 Å². The number of hydrogen-bond donors (Lipinski definition) is 0. The molecule has 0 aliphatic heterocycles. The molecule has 3 heteroatoms. The van der Waals surface area contributed by atoms with E-state index in [-0.39, 0.29) is 5.78 Å². The van der Waals surface area contributed by atoms with E-state index in [4.69, 9.17) is 9.15 Å². The minimum atomic E-state index is 0.111. The van der Waals surface area contributed by atoms with Crippen molar-refractivity contribution in [3.05, 3.63) is 35.6 Å². The Labute approximate surface area is 141 Å². The lowest BCUT2D eigenvalue weighted by molar-refractivity contribution is -0.114. The van der Waals surface area contributed by atoms with Crippen LogP contribution in [0.2, 0.25) is 0 Å². The molecule has 0 saturated carbocycles. The molecule has 3 nitrogen and oxygen atoms in total. The standard InChI is InChI=1S/C21H20O3/c22-18-9-8-16-12-17-10-11-23-20(17)21(19(16)13-18)24-14-15-6-4-2-1-3-5-7-15/h8-12,15H,2,4-7,13-14H2. The lowest BCUT2D eigenvalue weighted by Gasteiger charge is -2.20. The van der Waals surface area contributed by atoms with Crippen LogP contribution in [0.4, 0.5) is 0 Å². The lowest BCUT2D eigenvalue weighted by atomic mass is 9.93. The smallest absolute Gasteiger partial charge is 0.176 e. The first-order valence-corrected chi connectivity index (χ1v) is 8.64. The maximum atomic E-state index is 11.9. The molecular weight excluding hydrogens is 300 g/mol. The minimum Gasteiger partial charge on any atom is -0.489 e. The SMILES string of the molecule is O=C1C=Cc2cc3ccoc3c(OCC3CCC#CCCC3)c2C1. The molecule has 0 spiro atoms. The van der Waals surface area contributed by atoms with Crippen LogP contribution in [-0.4, -0.2) is 12.4 Å². The summed E-state index contributed by atoms with van der Waals surface area (Å²) in [5.41, 5.74) is 2.76. The van der Waals surface area contributed by atoms with Crippen LogP contribution in [0, 0.1) is 17.8 Å². The molecule has 0 N–H and O–H groups in total. The monoisotopic (exact) mass is 320 g/mol. The number of ketones is 1. The van der Waals surface area contributed by atoms with Gasteiger partial charge in [0.05, 0.1) is 12.9 Å². The van der Waals surface area contributed by atoms with Gasteiger partial charge in [0.2, 0.25) is 0 Å². The second-order valence-corrected chi connectivity index (χ2v) is 6.55. The van der Waals surface area contributed by atoms with Crippen molar-refractivity contribution in [2.24, 2.45) is 5.92 Å². The molecule has 0 fully saturated rings. The van der Waals surface area contributed by atoms with E-state index in [0.29, 0.717) is 18.9 Å². The van der Waals surface area contributed by atoms with E-state index >= 15 is 0 Å². The third-order valence-corrected chi connectivity index (χ3v) is 4.82. The van der Waals surface area contributed by atoms with E-state index in [1.54, 1.807) is 12.3 Å². The highest BCUT2D eigenvalue weighted by Gasteiger charge is 2.21. The maximum Gasteiger partial charge on any atom is 0.176 e. The summed E-state index contributed by atoms with van der Waals surface area (Å²) < 4.78 is 11.9. The molecule has 1 aromatic heterocycles. The summed E-state index contributed by atoms with van der Waals surface area (Å²) >= 11 is 0. The molecule has 1 heterocycles. The van der Waals surface area contributed by atoms with Crippen molar-refractivity contribution in [2.45, 2.75) is 38.5 Å². The molecule has 2 aliphatic carbocycles. The third kappa shape index (κ3) is 2.97. The van der Waals surface area contributed by atoms with E-state index in [2.05, 4.69) is 17.9 Å². The molecule has 0 bridgehead atoms. The Bertz CT molecular complexity index is 860. The molecule has 0 saturated heterocycles. The second kappa shape index (κ2) is 6.57. The lowest BCUT2D eigenvalue weighted by Crippen LogP contribution is -2.15. The number of ether oxygens (including phenoxy) is 1. The number of fused-ring (bicyclic) bond motifs is 2. The van der Waals surface area contributed by atoms with Gasteiger partial charge in [0, 0.05) is 30.2 Å². The first-order valence-electron chi connectivity index (χ1n) is 8.64. The molecule has 0 radical (unpaired) electrons. The second-order valence-electron chi connectivity index (χ2n) is 6.55. The molecule has 1 unspecified atom stereocenters. The predicted octanol–water partition coefficient (Wildman–Crippen LogP) is 4.53. The highest BCUT2D eigenvalue weighted by atomic mass is 16.5. The number of carbonyl (C=O) groups is 1. The van der Waals surface area contributed by atoms with Gasteiger partial charge >= 0.3 is 0 Å². The molecule has 24 heavy (non-hydrogen) atoms. The van der Waals surface area contributed by atoms with E-state index in [1.807, 2.05) is 12.1 Å². The van der Waals surface area contributed by atoms with Gasteiger partial charge < -0.3 is 9.15 Å². The first-order chi connectivity index (χ1) is 11.8. The fourth-order valence-electron chi connectivity index (χ4n) is 3.48. The Morgan fingerprint density at radius 3 is 3.08 bits per heavy atom. The van der Waals surface area contributed by atoms with Crippen LogP contribution in [0.15, 0.2) is 28.9 Å². The van der Waals surface area contributed by atoms with Crippen LogP contribution in [0.3, 0.4) is 0 Å². The topological polar surface area (TPSA) is 39.4 Å². The molecule has 4 rings (SSSR count). The Morgan fingerprint density at radius 1 is 1.21 bits per heavy atom. The van der Waals surface area contributed by atoms with Gasteiger partial charge in [-0.1, -0.05) is 6.08 Å². The molecule has 122 valence electrons. The van der Waals surface area contributed by atoms with Gasteiger partial charge in [0.1, 0.15) is 0 Å². The van der Waals surface area contributed by atoms with Crippen LogP contribution < -0.4 is 4.74 Å². The average molecular weight is 320 g/mol. The van der Waals surface area contributed by atoms with E-state index in [9.17, 15) is 4.79 Å². The van der Waals surface area contributed by atoms with Crippen LogP contribution in [0.5, 0.6) is 5.75 Å². The number of furan rings is 1. The summed E-state index contributed by atoms with van der Waals surface area (Å²) in [5.74, 6) is 7.78. The summed E-state index contributed by atoms with van der Waals surface area (Å²) in [4.78, 5) is 11.9. The van der Waals surface area contributed by atoms with Crippen molar-refractivity contribution in [3.63, 3.8) is 0 Å². The van der Waals surface area contributed by atoms with Crippen LogP contribution in [-0.2, 0) is 11.2 Å². The van der Waals surface area contributed by atoms with Crippen molar-refractivity contribution >= 4 is 22.8 Å². The van der Waals surface area contributed by atoms with Gasteiger partial charge in [-0.05, 0) is 49.0 Å². The first kappa shape index (κ1) is 15.1. The van der Waals surface area contributed by atoms with Crippen LogP contribution >= 0.6 is 0 Å². The molecule has 2 aromatic rings. The zero-order valence-corrected chi connectivity index (χ0v) is 13.6. The molecule has 1 aromatic carbocycles. The van der Waals surface area contributed by atoms with Gasteiger partial charge in [0.25, 0.3) is 0 Å². The van der Waals surface area contributed by atoms with E-state index in [1.165, 1.54) is 0 Å². The summed E-state index contributed by atoms with van der Waals surface area (Å²) in [6.45, 7) is 0.659. The molecule has 2 aliphatic rings. The normalized spacial score (nSPS) is 20.0. The third-order valence-electron chi connectivity index (χ3n) is 4.82. The summed E-state index contributed by atoms with van der Waals surface area (Å²) in [6.07, 6.45) is 10.9. The molecule has 0 amide bonds. The van der Waals surface area contributed by atoms with E-state index in [0.717, 1.165) is 59.9 Å². The fourth-order valence-corrected chi connectivity index (χ4v) is 3.48. The van der Waals surface area contributed by atoms with Crippen molar-refractivity contribution in [1.29, 1.82) is 0 Å². The zero-order chi connectivity index (χ0) is 16.4. The van der Waals surface area contributed by atoms with Crippen LogP contribution in [0.1, 0.15) is 43.2 Å². The van der Waals surface area contributed by atoms with Crippen LogP contribution in [0.25, 0.3) is 17.0 Å². The summed E-state index contributed by atoms with van der Waals surface area (Å²) in [5, 5.41) is 1.02. The number of carbonyl (C=O) groups excluding carboxylic acids is 1. The van der Waals surface area contributed by atoms with E-state index < -0.39 is 0 Å². The van der Waals surface area contributed by atoms with Crippen molar-refractivity contribution in [2.75, 3.05) is 6.61 Å². The number of benzene rings is 1. The molecule has 1 atom stereocenters. The minimum absolute atomic E-state index is 0.111. The van der Waals surface area contributed by atoms with Crippen molar-refractivity contribution < 1.29 is 13.9 Å².